The van der Waals surface area contributed by atoms with Gasteiger partial charge in [-0.15, -0.1) is 17.9 Å². The van der Waals surface area contributed by atoms with E-state index in [1.54, 1.807) is 29.2 Å². The average molecular weight is 435 g/mol. The van der Waals surface area contributed by atoms with Crippen LogP contribution in [-0.4, -0.2) is 20.7 Å². The summed E-state index contributed by atoms with van der Waals surface area (Å²) >= 11 is 1.39. The number of carbonyl (C=O) groups excluding carboxylic acids is 1. The number of rotatable bonds is 7. The standard InChI is InChI=1S/C24H23FN4OS/c1-4-5-20(24(2,3)22(30)28-23-26-12-13-31-23)16-6-11-21-17(14-16)15-27-29(21)19-9-7-18(25)8-10-19/h4,6-15,20H,1,5H2,2-3H3,(H,26,28,30). The second kappa shape index (κ2) is 8.43. The van der Waals surface area contributed by atoms with Crippen molar-refractivity contribution in [3.8, 4) is 5.69 Å². The molecule has 1 atom stereocenters. The smallest absolute Gasteiger partial charge is 0.232 e. The average Bonchev–Trinajstić information content (AvgIpc) is 3.42. The fourth-order valence-corrected chi connectivity index (χ4v) is 4.30. The van der Waals surface area contributed by atoms with E-state index in [4.69, 9.17) is 0 Å². The maximum atomic E-state index is 13.3. The van der Waals surface area contributed by atoms with Gasteiger partial charge in [-0.25, -0.2) is 14.1 Å². The molecule has 2 heterocycles. The number of nitrogens with one attached hydrogen (secondary N) is 1. The molecule has 0 aliphatic heterocycles. The number of hydrogen-bond acceptors (Lipinski definition) is 4. The fourth-order valence-electron chi connectivity index (χ4n) is 3.77. The SMILES string of the molecule is C=CCC(c1ccc2c(cnn2-c2ccc(F)cc2)c1)C(C)(C)C(=O)Nc1nccs1. The van der Waals surface area contributed by atoms with Gasteiger partial charge in [0.15, 0.2) is 5.13 Å². The molecule has 1 unspecified atom stereocenters. The van der Waals surface area contributed by atoms with Crippen molar-refractivity contribution < 1.29 is 9.18 Å². The number of allylic oxidation sites excluding steroid dienone is 1. The summed E-state index contributed by atoms with van der Waals surface area (Å²) in [6.07, 6.45) is 5.95. The summed E-state index contributed by atoms with van der Waals surface area (Å²) in [7, 11) is 0. The van der Waals surface area contributed by atoms with Crippen LogP contribution in [0.15, 0.2) is 72.9 Å². The molecular formula is C24H23FN4OS. The van der Waals surface area contributed by atoms with Gasteiger partial charge in [0, 0.05) is 22.9 Å². The summed E-state index contributed by atoms with van der Waals surface area (Å²) in [4.78, 5) is 17.2. The summed E-state index contributed by atoms with van der Waals surface area (Å²) in [6, 6.07) is 12.3. The van der Waals surface area contributed by atoms with Crippen LogP contribution in [0, 0.1) is 11.2 Å². The number of benzene rings is 2. The van der Waals surface area contributed by atoms with Gasteiger partial charge in [0.25, 0.3) is 0 Å². The molecule has 2 aromatic carbocycles. The molecule has 1 N–H and O–H groups in total. The lowest BCUT2D eigenvalue weighted by Crippen LogP contribution is -2.36. The third kappa shape index (κ3) is 4.14. The van der Waals surface area contributed by atoms with Crippen LogP contribution < -0.4 is 5.32 Å². The van der Waals surface area contributed by atoms with Crippen LogP contribution in [0.25, 0.3) is 16.6 Å². The molecule has 4 rings (SSSR count). The highest BCUT2D eigenvalue weighted by Gasteiger charge is 2.37. The van der Waals surface area contributed by atoms with Crippen molar-refractivity contribution in [2.24, 2.45) is 5.41 Å². The highest BCUT2D eigenvalue weighted by molar-refractivity contribution is 7.13. The molecule has 1 amide bonds. The van der Waals surface area contributed by atoms with Gasteiger partial charge >= 0.3 is 0 Å². The first-order valence-electron chi connectivity index (χ1n) is 9.95. The highest BCUT2D eigenvalue weighted by Crippen LogP contribution is 2.40. The summed E-state index contributed by atoms with van der Waals surface area (Å²) in [5, 5.41) is 10.8. The zero-order valence-electron chi connectivity index (χ0n) is 17.4. The Bertz CT molecular complexity index is 1210. The van der Waals surface area contributed by atoms with Crippen molar-refractivity contribution in [1.29, 1.82) is 0 Å². The fraction of sp³-hybridized carbons (Fsp3) is 0.208. The largest absolute Gasteiger partial charge is 0.301 e. The van der Waals surface area contributed by atoms with Crippen LogP contribution >= 0.6 is 11.3 Å². The molecule has 0 saturated heterocycles. The van der Waals surface area contributed by atoms with E-state index in [1.807, 2.05) is 37.4 Å². The van der Waals surface area contributed by atoms with Gasteiger partial charge < -0.3 is 5.32 Å². The number of carbonyl (C=O) groups is 1. The second-order valence-corrected chi connectivity index (χ2v) is 8.84. The van der Waals surface area contributed by atoms with Gasteiger partial charge in [-0.2, -0.15) is 5.10 Å². The summed E-state index contributed by atoms with van der Waals surface area (Å²) in [6.45, 7) is 7.78. The topological polar surface area (TPSA) is 59.8 Å². The Balaban J connectivity index is 1.68. The van der Waals surface area contributed by atoms with E-state index in [1.165, 1.54) is 23.5 Å². The molecule has 2 aromatic heterocycles. The van der Waals surface area contributed by atoms with Crippen molar-refractivity contribution in [2.75, 3.05) is 5.32 Å². The number of fused-ring (bicyclic) bond motifs is 1. The lowest BCUT2D eigenvalue weighted by Gasteiger charge is -2.32. The van der Waals surface area contributed by atoms with E-state index >= 15 is 0 Å². The normalized spacial score (nSPS) is 12.6. The van der Waals surface area contributed by atoms with E-state index in [0.29, 0.717) is 11.6 Å². The van der Waals surface area contributed by atoms with Crippen LogP contribution in [0.4, 0.5) is 9.52 Å². The quantitative estimate of drug-likeness (QED) is 0.366. The Morgan fingerprint density at radius 2 is 2.06 bits per heavy atom. The first-order valence-corrected chi connectivity index (χ1v) is 10.8. The Morgan fingerprint density at radius 3 is 2.74 bits per heavy atom. The van der Waals surface area contributed by atoms with Crippen molar-refractivity contribution in [3.05, 3.63) is 84.3 Å². The molecule has 0 radical (unpaired) electrons. The molecule has 158 valence electrons. The maximum Gasteiger partial charge on any atom is 0.232 e. The molecular weight excluding hydrogens is 411 g/mol. The predicted octanol–water partition coefficient (Wildman–Crippen LogP) is 5.95. The van der Waals surface area contributed by atoms with Gasteiger partial charge in [-0.1, -0.05) is 26.0 Å². The number of thiazole rings is 1. The number of halogens is 1. The Kier molecular flexibility index (Phi) is 5.69. The van der Waals surface area contributed by atoms with Crippen LogP contribution in [0.5, 0.6) is 0 Å². The molecule has 0 saturated carbocycles. The van der Waals surface area contributed by atoms with Crippen LogP contribution in [0.2, 0.25) is 0 Å². The van der Waals surface area contributed by atoms with Crippen molar-refractivity contribution in [3.63, 3.8) is 0 Å². The minimum Gasteiger partial charge on any atom is -0.301 e. The van der Waals surface area contributed by atoms with Gasteiger partial charge in [0.05, 0.1) is 22.8 Å². The highest BCUT2D eigenvalue weighted by atomic mass is 32.1. The number of nitrogens with zero attached hydrogens (tertiary/aromatic N) is 3. The number of anilines is 1. The third-order valence-electron chi connectivity index (χ3n) is 5.58. The molecule has 31 heavy (non-hydrogen) atoms. The van der Waals surface area contributed by atoms with Crippen molar-refractivity contribution >= 4 is 33.3 Å². The minimum atomic E-state index is -0.694. The molecule has 4 aromatic rings. The molecule has 0 spiro atoms. The zero-order chi connectivity index (χ0) is 22.0. The first-order chi connectivity index (χ1) is 14.9. The molecule has 0 aliphatic carbocycles. The monoisotopic (exact) mass is 434 g/mol. The van der Waals surface area contributed by atoms with Crippen LogP contribution in [0.1, 0.15) is 31.7 Å². The molecule has 0 aliphatic rings. The van der Waals surface area contributed by atoms with Gasteiger partial charge in [0.2, 0.25) is 5.91 Å². The minimum absolute atomic E-state index is 0.0801. The van der Waals surface area contributed by atoms with E-state index < -0.39 is 5.41 Å². The van der Waals surface area contributed by atoms with Crippen molar-refractivity contribution in [2.45, 2.75) is 26.2 Å². The summed E-state index contributed by atoms with van der Waals surface area (Å²) in [5.74, 6) is -0.451. The van der Waals surface area contributed by atoms with Gasteiger partial charge in [-0.05, 0) is 48.4 Å². The first kappa shape index (κ1) is 20.9. The van der Waals surface area contributed by atoms with Crippen LogP contribution in [0.3, 0.4) is 0 Å². The van der Waals surface area contributed by atoms with Crippen molar-refractivity contribution in [1.82, 2.24) is 14.8 Å². The number of amides is 1. The Hall–Kier alpha value is -3.32. The second-order valence-electron chi connectivity index (χ2n) is 7.94. The molecule has 5 nitrogen and oxygen atoms in total. The molecule has 7 heteroatoms. The lowest BCUT2D eigenvalue weighted by molar-refractivity contribution is -0.125. The summed E-state index contributed by atoms with van der Waals surface area (Å²) in [5.41, 5.74) is 2.04. The maximum absolute atomic E-state index is 13.3. The third-order valence-corrected chi connectivity index (χ3v) is 6.27. The lowest BCUT2D eigenvalue weighted by atomic mass is 9.72. The van der Waals surface area contributed by atoms with E-state index in [0.717, 1.165) is 22.2 Å². The van der Waals surface area contributed by atoms with E-state index in [-0.39, 0.29) is 17.6 Å². The van der Waals surface area contributed by atoms with E-state index in [9.17, 15) is 9.18 Å². The molecule has 0 bridgehead atoms. The Labute approximate surface area is 184 Å². The van der Waals surface area contributed by atoms with Gasteiger partial charge in [-0.3, -0.25) is 4.79 Å². The zero-order valence-corrected chi connectivity index (χ0v) is 18.2. The number of aromatic nitrogens is 3. The van der Waals surface area contributed by atoms with Gasteiger partial charge in [0.1, 0.15) is 5.82 Å². The molecule has 0 fully saturated rings. The Morgan fingerprint density at radius 1 is 1.29 bits per heavy atom. The number of hydrogen-bond donors (Lipinski definition) is 1. The predicted molar refractivity (Wildman–Crippen MR) is 123 cm³/mol. The van der Waals surface area contributed by atoms with Crippen LogP contribution in [-0.2, 0) is 4.79 Å². The summed E-state index contributed by atoms with van der Waals surface area (Å²) < 4.78 is 15.1. The van der Waals surface area contributed by atoms with E-state index in [2.05, 4.69) is 28.0 Å².